The van der Waals surface area contributed by atoms with E-state index < -0.39 is 30.1 Å². The largest absolute Gasteiger partial charge is 0.458 e. The summed E-state index contributed by atoms with van der Waals surface area (Å²) in [4.78, 5) is 12.5. The molecule has 0 spiro atoms. The molecular formula is C21H31IO6. The zero-order valence-electron chi connectivity index (χ0n) is 16.9. The highest BCUT2D eigenvalue weighted by atomic mass is 127. The van der Waals surface area contributed by atoms with E-state index in [4.69, 9.17) is 14.2 Å². The van der Waals surface area contributed by atoms with Crippen molar-refractivity contribution in [2.75, 3.05) is 7.11 Å². The fourth-order valence-corrected chi connectivity index (χ4v) is 4.18. The first-order valence-electron chi connectivity index (χ1n) is 9.60. The second-order valence-electron chi connectivity index (χ2n) is 7.84. The topological polar surface area (TPSA) is 85.2 Å². The predicted molar refractivity (Wildman–Crippen MR) is 115 cm³/mol. The predicted octanol–water partition coefficient (Wildman–Crippen LogP) is 3.27. The second kappa shape index (κ2) is 10.3. The van der Waals surface area contributed by atoms with Crippen LogP contribution in [-0.2, 0) is 19.0 Å². The van der Waals surface area contributed by atoms with Gasteiger partial charge < -0.3 is 24.4 Å². The minimum absolute atomic E-state index is 0.0307. The second-order valence-corrected chi connectivity index (χ2v) is 8.56. The summed E-state index contributed by atoms with van der Waals surface area (Å²) in [6.07, 6.45) is 5.71. The molecule has 0 aromatic heterocycles. The van der Waals surface area contributed by atoms with Crippen molar-refractivity contribution in [3.8, 4) is 0 Å². The van der Waals surface area contributed by atoms with Crippen LogP contribution in [0.3, 0.4) is 0 Å². The molecule has 0 saturated carbocycles. The van der Waals surface area contributed by atoms with Gasteiger partial charge in [0.25, 0.3) is 0 Å². The van der Waals surface area contributed by atoms with Gasteiger partial charge in [-0.25, -0.2) is 0 Å². The third-order valence-electron chi connectivity index (χ3n) is 5.50. The van der Waals surface area contributed by atoms with E-state index in [1.54, 1.807) is 7.11 Å². The van der Waals surface area contributed by atoms with Gasteiger partial charge >= 0.3 is 5.97 Å². The molecule has 0 unspecified atom stereocenters. The molecule has 28 heavy (non-hydrogen) atoms. The SMILES string of the molecule is CO[C@@H]1/C=C(\C)C[C@H](/C=C/C=C/I)OC(=O)C[C@]2(O)C[C@H](O)[C@@H](C)[C@H](O2)[C@@H]1C. The Morgan fingerprint density at radius 2 is 2.04 bits per heavy atom. The molecule has 2 rings (SSSR count). The van der Waals surface area contributed by atoms with Crippen LogP contribution in [0.5, 0.6) is 0 Å². The standard InChI is InChI=1S/C21H31IO6/c1-13-9-16(7-5-6-8-22)27-19(24)12-21(25)11-17(23)14(2)20(28-21)15(3)18(10-13)26-4/h5-8,10,14-18,20,23,25H,9,11-12H2,1-4H3/b7-5+,8-6+,13-10+/t14-,15-,16+,17+,18-,20+,21+/m1/s1. The van der Waals surface area contributed by atoms with Crippen LogP contribution in [0.25, 0.3) is 0 Å². The van der Waals surface area contributed by atoms with E-state index in [9.17, 15) is 15.0 Å². The Labute approximate surface area is 180 Å². The summed E-state index contributed by atoms with van der Waals surface area (Å²) >= 11 is 2.11. The number of carbonyl (C=O) groups excluding carboxylic acids is 1. The van der Waals surface area contributed by atoms with Gasteiger partial charge in [0.05, 0.1) is 24.7 Å². The summed E-state index contributed by atoms with van der Waals surface area (Å²) in [5, 5.41) is 21.4. The number of carbonyl (C=O) groups is 1. The molecule has 1 saturated heterocycles. The van der Waals surface area contributed by atoms with Crippen LogP contribution in [0.1, 0.15) is 40.0 Å². The quantitative estimate of drug-likeness (QED) is 0.265. The van der Waals surface area contributed by atoms with Gasteiger partial charge in [-0.3, -0.25) is 4.79 Å². The summed E-state index contributed by atoms with van der Waals surface area (Å²) in [6, 6.07) is 0. The van der Waals surface area contributed by atoms with E-state index in [0.717, 1.165) is 5.57 Å². The molecule has 2 heterocycles. The Hall–Kier alpha value is -0.740. The summed E-state index contributed by atoms with van der Waals surface area (Å²) in [6.45, 7) is 5.84. The van der Waals surface area contributed by atoms with Gasteiger partial charge in [0.2, 0.25) is 0 Å². The van der Waals surface area contributed by atoms with Crippen molar-refractivity contribution in [1.82, 2.24) is 0 Å². The van der Waals surface area contributed by atoms with Gasteiger partial charge in [-0.2, -0.15) is 0 Å². The average molecular weight is 506 g/mol. The Kier molecular flexibility index (Phi) is 8.69. The fraction of sp³-hybridized carbons (Fsp3) is 0.667. The zero-order chi connectivity index (χ0) is 20.9. The Morgan fingerprint density at radius 3 is 2.68 bits per heavy atom. The van der Waals surface area contributed by atoms with Crippen LogP contribution in [-0.4, -0.2) is 53.5 Å². The average Bonchev–Trinajstić information content (AvgIpc) is 2.61. The minimum Gasteiger partial charge on any atom is -0.458 e. The molecule has 2 aliphatic heterocycles. The number of esters is 1. The lowest BCUT2D eigenvalue weighted by Gasteiger charge is -2.46. The fourth-order valence-electron chi connectivity index (χ4n) is 3.94. The van der Waals surface area contributed by atoms with Gasteiger partial charge in [-0.15, -0.1) is 0 Å². The van der Waals surface area contributed by atoms with E-state index in [1.165, 1.54) is 0 Å². The Bertz CT molecular complexity index is 630. The lowest BCUT2D eigenvalue weighted by molar-refractivity contribution is -0.301. The summed E-state index contributed by atoms with van der Waals surface area (Å²) in [7, 11) is 1.63. The number of halogens is 1. The molecule has 0 aliphatic carbocycles. The number of aliphatic hydroxyl groups excluding tert-OH is 1. The Morgan fingerprint density at radius 1 is 1.32 bits per heavy atom. The highest BCUT2D eigenvalue weighted by Crippen LogP contribution is 2.38. The zero-order valence-corrected chi connectivity index (χ0v) is 19.0. The first kappa shape index (κ1) is 23.5. The molecule has 2 aliphatic rings. The molecule has 0 amide bonds. The number of hydrogen-bond donors (Lipinski definition) is 2. The molecule has 7 atom stereocenters. The maximum absolute atomic E-state index is 12.5. The number of rotatable bonds is 3. The molecule has 1 fully saturated rings. The highest BCUT2D eigenvalue weighted by Gasteiger charge is 2.48. The van der Waals surface area contributed by atoms with E-state index in [-0.39, 0.29) is 30.8 Å². The van der Waals surface area contributed by atoms with Crippen molar-refractivity contribution in [3.63, 3.8) is 0 Å². The molecule has 0 radical (unpaired) electrons. The molecule has 7 heteroatoms. The van der Waals surface area contributed by atoms with Gasteiger partial charge in [0, 0.05) is 31.8 Å². The number of fused-ring (bicyclic) bond motifs is 2. The molecule has 2 bridgehead atoms. The monoisotopic (exact) mass is 506 g/mol. The number of ether oxygens (including phenoxy) is 3. The summed E-state index contributed by atoms with van der Waals surface area (Å²) in [5.41, 5.74) is 1.03. The third kappa shape index (κ3) is 6.13. The minimum atomic E-state index is -1.76. The van der Waals surface area contributed by atoms with Crippen LogP contribution in [0, 0.1) is 11.8 Å². The van der Waals surface area contributed by atoms with Crippen molar-refractivity contribution in [3.05, 3.63) is 34.0 Å². The lowest BCUT2D eigenvalue weighted by atomic mass is 9.80. The van der Waals surface area contributed by atoms with Gasteiger partial charge in [-0.1, -0.05) is 60.2 Å². The van der Waals surface area contributed by atoms with Gasteiger partial charge in [0.1, 0.15) is 6.10 Å². The highest BCUT2D eigenvalue weighted by molar-refractivity contribution is 14.1. The van der Waals surface area contributed by atoms with Crippen molar-refractivity contribution >= 4 is 28.6 Å². The van der Waals surface area contributed by atoms with Crippen LogP contribution >= 0.6 is 22.6 Å². The number of allylic oxidation sites excluding steroid dienone is 2. The Balaban J connectivity index is 2.39. The van der Waals surface area contributed by atoms with E-state index >= 15 is 0 Å². The maximum atomic E-state index is 12.5. The number of methoxy groups -OCH3 is 1. The first-order valence-corrected chi connectivity index (χ1v) is 10.8. The molecular weight excluding hydrogens is 475 g/mol. The summed E-state index contributed by atoms with van der Waals surface area (Å²) in [5.74, 6) is -2.63. The van der Waals surface area contributed by atoms with Gasteiger partial charge in [-0.05, 0) is 17.1 Å². The van der Waals surface area contributed by atoms with Crippen molar-refractivity contribution in [1.29, 1.82) is 0 Å². The van der Waals surface area contributed by atoms with E-state index in [2.05, 4.69) is 22.6 Å². The maximum Gasteiger partial charge on any atom is 0.311 e. The third-order valence-corrected chi connectivity index (χ3v) is 5.92. The van der Waals surface area contributed by atoms with Crippen LogP contribution in [0.4, 0.5) is 0 Å². The van der Waals surface area contributed by atoms with E-state index in [1.807, 2.05) is 49.2 Å². The molecule has 2 N–H and O–H groups in total. The van der Waals surface area contributed by atoms with Crippen molar-refractivity contribution in [2.24, 2.45) is 11.8 Å². The number of aliphatic hydroxyl groups is 2. The molecule has 158 valence electrons. The number of cyclic esters (lactones) is 1. The number of hydrogen-bond acceptors (Lipinski definition) is 6. The lowest BCUT2D eigenvalue weighted by Crippen LogP contribution is -2.55. The van der Waals surface area contributed by atoms with E-state index in [0.29, 0.717) is 6.42 Å². The normalized spacial score (nSPS) is 42.5. The van der Waals surface area contributed by atoms with Crippen LogP contribution in [0.15, 0.2) is 34.0 Å². The first-order chi connectivity index (χ1) is 13.2. The van der Waals surface area contributed by atoms with Crippen LogP contribution < -0.4 is 0 Å². The van der Waals surface area contributed by atoms with Gasteiger partial charge in [0.15, 0.2) is 5.79 Å². The molecule has 0 aromatic rings. The molecule has 6 nitrogen and oxygen atoms in total. The summed E-state index contributed by atoms with van der Waals surface area (Å²) < 4.78 is 19.1. The van der Waals surface area contributed by atoms with Crippen LogP contribution in [0.2, 0.25) is 0 Å². The van der Waals surface area contributed by atoms with Crippen molar-refractivity contribution < 1.29 is 29.2 Å². The van der Waals surface area contributed by atoms with Crippen molar-refractivity contribution in [2.45, 2.75) is 70.2 Å². The smallest absolute Gasteiger partial charge is 0.311 e. The molecule has 0 aromatic carbocycles.